The third-order valence-corrected chi connectivity index (χ3v) is 2.77. The van der Waals surface area contributed by atoms with Crippen LogP contribution in [0, 0.1) is 0 Å². The van der Waals surface area contributed by atoms with Gasteiger partial charge in [-0.1, -0.05) is 30.3 Å². The fourth-order valence-corrected chi connectivity index (χ4v) is 1.71. The van der Waals surface area contributed by atoms with Crippen molar-refractivity contribution in [3.8, 4) is 0 Å². The van der Waals surface area contributed by atoms with Gasteiger partial charge in [0, 0.05) is 16.4 Å². The number of hydrogen-bond acceptors (Lipinski definition) is 1. The van der Waals surface area contributed by atoms with Crippen LogP contribution in [0.4, 0.5) is 0 Å². The van der Waals surface area contributed by atoms with Crippen LogP contribution >= 0.6 is 15.9 Å². The van der Waals surface area contributed by atoms with Crippen LogP contribution in [-0.2, 0) is 12.8 Å². The van der Waals surface area contributed by atoms with Gasteiger partial charge < -0.3 is 0 Å². The zero-order chi connectivity index (χ0) is 10.5. The maximum absolute atomic E-state index is 4.35. The highest BCUT2D eigenvalue weighted by atomic mass is 79.9. The van der Waals surface area contributed by atoms with Crippen molar-refractivity contribution in [3.05, 3.63) is 64.4 Å². The maximum atomic E-state index is 4.35. The second-order valence-corrected chi connectivity index (χ2v) is 4.37. The molecule has 1 heterocycles. The van der Waals surface area contributed by atoms with E-state index in [4.69, 9.17) is 0 Å². The van der Waals surface area contributed by atoms with Gasteiger partial charge in [-0.05, 0) is 46.5 Å². The fraction of sp³-hybridized carbons (Fsp3) is 0.154. The summed E-state index contributed by atoms with van der Waals surface area (Å²) < 4.78 is 1.03. The van der Waals surface area contributed by atoms with Crippen LogP contribution in [0.5, 0.6) is 0 Å². The normalized spacial score (nSPS) is 10.2. The molecule has 1 aromatic carbocycles. The zero-order valence-electron chi connectivity index (χ0n) is 8.36. The highest BCUT2D eigenvalue weighted by Crippen LogP contribution is 2.09. The molecule has 0 unspecified atom stereocenters. The molecule has 2 heteroatoms. The monoisotopic (exact) mass is 261 g/mol. The molecule has 0 saturated carbocycles. The molecule has 0 atom stereocenters. The molecule has 15 heavy (non-hydrogen) atoms. The van der Waals surface area contributed by atoms with Crippen molar-refractivity contribution in [1.29, 1.82) is 0 Å². The maximum Gasteiger partial charge on any atom is 0.0413 e. The van der Waals surface area contributed by atoms with Crippen molar-refractivity contribution < 1.29 is 0 Å². The Bertz CT molecular complexity index is 408. The van der Waals surface area contributed by atoms with Crippen molar-refractivity contribution in [1.82, 2.24) is 4.98 Å². The lowest BCUT2D eigenvalue weighted by Gasteiger charge is -2.01. The van der Waals surface area contributed by atoms with E-state index in [0.29, 0.717) is 0 Å². The van der Waals surface area contributed by atoms with Crippen molar-refractivity contribution in [2.45, 2.75) is 12.8 Å². The van der Waals surface area contributed by atoms with Crippen LogP contribution in [-0.4, -0.2) is 4.98 Å². The standard InChI is InChI=1S/C13H12BrN/c14-12-7-9-13(15-10-12)8-6-11-4-2-1-3-5-11/h1-5,7,9-10H,6,8H2. The third-order valence-electron chi connectivity index (χ3n) is 2.30. The first-order chi connectivity index (χ1) is 7.34. The smallest absolute Gasteiger partial charge is 0.0413 e. The van der Waals surface area contributed by atoms with Crippen molar-refractivity contribution >= 4 is 15.9 Å². The molecular weight excluding hydrogens is 250 g/mol. The van der Waals surface area contributed by atoms with Gasteiger partial charge in [0.15, 0.2) is 0 Å². The summed E-state index contributed by atoms with van der Waals surface area (Å²) in [5.74, 6) is 0. The molecular formula is C13H12BrN. The molecule has 76 valence electrons. The van der Waals surface area contributed by atoms with Gasteiger partial charge in [-0.3, -0.25) is 4.98 Å². The Hall–Kier alpha value is -1.15. The summed E-state index contributed by atoms with van der Waals surface area (Å²) >= 11 is 3.38. The second kappa shape index (κ2) is 5.08. The van der Waals surface area contributed by atoms with Crippen LogP contribution in [0.3, 0.4) is 0 Å². The van der Waals surface area contributed by atoms with Crippen molar-refractivity contribution in [2.75, 3.05) is 0 Å². The molecule has 0 aliphatic rings. The molecule has 1 aromatic heterocycles. The van der Waals surface area contributed by atoms with Crippen molar-refractivity contribution in [3.63, 3.8) is 0 Å². The van der Waals surface area contributed by atoms with Crippen molar-refractivity contribution in [2.24, 2.45) is 0 Å². The summed E-state index contributed by atoms with van der Waals surface area (Å²) in [5.41, 5.74) is 2.50. The van der Waals surface area contributed by atoms with E-state index in [9.17, 15) is 0 Å². The quantitative estimate of drug-likeness (QED) is 0.823. The van der Waals surface area contributed by atoms with Gasteiger partial charge in [0.2, 0.25) is 0 Å². The summed E-state index contributed by atoms with van der Waals surface area (Å²) in [4.78, 5) is 4.35. The molecule has 0 aliphatic carbocycles. The van der Waals surface area contributed by atoms with E-state index in [1.165, 1.54) is 5.56 Å². The van der Waals surface area contributed by atoms with E-state index in [2.05, 4.69) is 51.2 Å². The molecule has 0 saturated heterocycles. The predicted octanol–water partition coefficient (Wildman–Crippen LogP) is 3.63. The third kappa shape index (κ3) is 3.17. The molecule has 0 aliphatic heterocycles. The Morgan fingerprint density at radius 3 is 2.40 bits per heavy atom. The minimum absolute atomic E-state index is 0.997. The average Bonchev–Trinajstić information content (AvgIpc) is 2.30. The Morgan fingerprint density at radius 1 is 0.933 bits per heavy atom. The van der Waals surface area contributed by atoms with E-state index < -0.39 is 0 Å². The van der Waals surface area contributed by atoms with Gasteiger partial charge >= 0.3 is 0 Å². The van der Waals surface area contributed by atoms with Crippen LogP contribution in [0.1, 0.15) is 11.3 Å². The van der Waals surface area contributed by atoms with E-state index in [1.807, 2.05) is 18.3 Å². The summed E-state index contributed by atoms with van der Waals surface area (Å²) in [7, 11) is 0. The first kappa shape index (κ1) is 10.4. The summed E-state index contributed by atoms with van der Waals surface area (Å²) in [6, 6.07) is 14.6. The van der Waals surface area contributed by atoms with Gasteiger partial charge in [-0.15, -0.1) is 0 Å². The number of aromatic nitrogens is 1. The number of rotatable bonds is 3. The Labute approximate surface area is 98.3 Å². The molecule has 0 bridgehead atoms. The largest absolute Gasteiger partial charge is 0.260 e. The highest BCUT2D eigenvalue weighted by Gasteiger charge is 1.96. The van der Waals surface area contributed by atoms with Gasteiger partial charge in [-0.2, -0.15) is 0 Å². The lowest BCUT2D eigenvalue weighted by atomic mass is 10.1. The second-order valence-electron chi connectivity index (χ2n) is 3.45. The molecule has 2 rings (SSSR count). The lowest BCUT2D eigenvalue weighted by Crippen LogP contribution is -1.93. The van der Waals surface area contributed by atoms with Crippen LogP contribution in [0.2, 0.25) is 0 Å². The summed E-state index contributed by atoms with van der Waals surface area (Å²) in [6.07, 6.45) is 3.90. The van der Waals surface area contributed by atoms with Crippen LogP contribution in [0.15, 0.2) is 53.1 Å². The number of aryl methyl sites for hydroxylation is 2. The summed E-state index contributed by atoms with van der Waals surface area (Å²) in [6.45, 7) is 0. The minimum Gasteiger partial charge on any atom is -0.260 e. The number of benzene rings is 1. The van der Waals surface area contributed by atoms with Gasteiger partial charge in [0.05, 0.1) is 0 Å². The number of halogens is 1. The minimum atomic E-state index is 0.997. The Balaban J connectivity index is 1.96. The fourth-order valence-electron chi connectivity index (χ4n) is 1.47. The molecule has 0 fully saturated rings. The molecule has 0 radical (unpaired) electrons. The van der Waals surface area contributed by atoms with Crippen LogP contribution < -0.4 is 0 Å². The Kier molecular flexibility index (Phi) is 3.51. The number of hydrogen-bond donors (Lipinski definition) is 0. The average molecular weight is 262 g/mol. The van der Waals surface area contributed by atoms with Gasteiger partial charge in [0.1, 0.15) is 0 Å². The highest BCUT2D eigenvalue weighted by molar-refractivity contribution is 9.10. The topological polar surface area (TPSA) is 12.9 Å². The number of nitrogens with zero attached hydrogens (tertiary/aromatic N) is 1. The molecule has 0 N–H and O–H groups in total. The first-order valence-corrected chi connectivity index (χ1v) is 5.78. The molecule has 0 amide bonds. The van der Waals surface area contributed by atoms with E-state index >= 15 is 0 Å². The zero-order valence-corrected chi connectivity index (χ0v) is 9.94. The van der Waals surface area contributed by atoms with Gasteiger partial charge in [0.25, 0.3) is 0 Å². The first-order valence-electron chi connectivity index (χ1n) is 4.99. The van der Waals surface area contributed by atoms with E-state index in [-0.39, 0.29) is 0 Å². The van der Waals surface area contributed by atoms with Crippen LogP contribution in [0.25, 0.3) is 0 Å². The van der Waals surface area contributed by atoms with E-state index in [0.717, 1.165) is 23.0 Å². The Morgan fingerprint density at radius 2 is 1.73 bits per heavy atom. The van der Waals surface area contributed by atoms with E-state index in [1.54, 1.807) is 0 Å². The SMILES string of the molecule is Brc1ccc(CCc2ccccc2)nc1. The molecule has 1 nitrogen and oxygen atoms in total. The lowest BCUT2D eigenvalue weighted by molar-refractivity contribution is 0.912. The summed E-state index contributed by atoms with van der Waals surface area (Å²) in [5, 5.41) is 0. The molecule has 2 aromatic rings. The molecule has 0 spiro atoms. The predicted molar refractivity (Wildman–Crippen MR) is 65.8 cm³/mol. The number of pyridine rings is 1. The van der Waals surface area contributed by atoms with Gasteiger partial charge in [-0.25, -0.2) is 0 Å².